The van der Waals surface area contributed by atoms with E-state index in [1.54, 1.807) is 0 Å². The Morgan fingerprint density at radius 3 is 1.47 bits per heavy atom. The molecule has 0 N–H and O–H groups in total. The van der Waals surface area contributed by atoms with Crippen LogP contribution in [0.15, 0.2) is 164 Å². The third-order valence-electron chi connectivity index (χ3n) is 12.2. The number of allylic oxidation sites excluding steroid dienone is 1. The first-order valence-corrected chi connectivity index (χ1v) is 18.6. The van der Waals surface area contributed by atoms with Gasteiger partial charge in [0.05, 0.1) is 33.3 Å². The molecule has 0 bridgehead atoms. The van der Waals surface area contributed by atoms with E-state index in [0.717, 1.165) is 6.42 Å². The minimum atomic E-state index is 0.357. The summed E-state index contributed by atoms with van der Waals surface area (Å²) in [6.45, 7) is 0. The van der Waals surface area contributed by atoms with Crippen molar-refractivity contribution in [1.82, 2.24) is 13.7 Å². The van der Waals surface area contributed by atoms with Crippen molar-refractivity contribution in [2.75, 3.05) is 0 Å². The minimum absolute atomic E-state index is 0.357. The summed E-state index contributed by atoms with van der Waals surface area (Å²) in [5.41, 5.74) is 14.2. The number of nitrogens with zero attached hydrogens (tertiary/aromatic N) is 3. The smallest absolute Gasteiger partial charge is 0.0544 e. The standard InChI is InChI=1S/C50H31N3/c1-5-16-44-36(10-1)37-11-2-6-17-45(37)51(44)34-22-20-30-26-42-40-14-9-15-41-43-27-31-21-23-35(52-46-18-7-3-12-38(46)39-13-4-8-19-47(39)52)25-33(31)29-49(43)53(50(40)41)48(42)28-32(30)24-34/h1-14,16-29,41H,15H2. The second-order valence-corrected chi connectivity index (χ2v) is 14.9. The maximum absolute atomic E-state index is 2.59. The predicted octanol–water partition coefficient (Wildman–Crippen LogP) is 13.0. The first-order valence-electron chi connectivity index (χ1n) is 18.6. The van der Waals surface area contributed by atoms with Gasteiger partial charge in [-0.3, -0.25) is 0 Å². The Morgan fingerprint density at radius 2 is 0.906 bits per heavy atom. The number of rotatable bonds is 2. The van der Waals surface area contributed by atoms with Gasteiger partial charge in [-0.1, -0.05) is 97.1 Å². The maximum atomic E-state index is 2.59. The zero-order valence-electron chi connectivity index (χ0n) is 28.8. The molecule has 0 radical (unpaired) electrons. The summed E-state index contributed by atoms with van der Waals surface area (Å²) < 4.78 is 7.44. The largest absolute Gasteiger partial charge is 0.312 e. The molecule has 246 valence electrons. The summed E-state index contributed by atoms with van der Waals surface area (Å²) in [4.78, 5) is 0. The summed E-state index contributed by atoms with van der Waals surface area (Å²) in [7, 11) is 0. The molecule has 0 fully saturated rings. The molecule has 2 aliphatic rings. The van der Waals surface area contributed by atoms with Gasteiger partial charge in [0.2, 0.25) is 0 Å². The molecule has 1 aliphatic heterocycles. The first-order chi connectivity index (χ1) is 26.3. The van der Waals surface area contributed by atoms with E-state index in [-0.39, 0.29) is 0 Å². The Kier molecular flexibility index (Phi) is 5.22. The number of hydrogen-bond acceptors (Lipinski definition) is 0. The van der Waals surface area contributed by atoms with Crippen molar-refractivity contribution in [3.8, 4) is 17.1 Å². The van der Waals surface area contributed by atoms with Gasteiger partial charge in [0.15, 0.2) is 0 Å². The van der Waals surface area contributed by atoms with E-state index in [2.05, 4.69) is 184 Å². The molecule has 8 aromatic carbocycles. The second kappa shape index (κ2) is 9.93. The van der Waals surface area contributed by atoms with Gasteiger partial charge in [0.1, 0.15) is 0 Å². The van der Waals surface area contributed by atoms with Crippen LogP contribution in [0.4, 0.5) is 0 Å². The molecule has 3 aromatic heterocycles. The highest BCUT2D eigenvalue weighted by atomic mass is 15.0. The predicted molar refractivity (Wildman–Crippen MR) is 222 cm³/mol. The van der Waals surface area contributed by atoms with Crippen molar-refractivity contribution in [1.29, 1.82) is 0 Å². The Labute approximate surface area is 304 Å². The molecular weight excluding hydrogens is 643 g/mol. The molecule has 3 nitrogen and oxygen atoms in total. The SMILES string of the molecule is C1=Cc2c3n(c4cc5cc(-n6c7ccccc7c7ccccc76)ccc5cc24)-c2cc4cc(-n5c6ccccc6c6ccccc65)ccc4cc2C3C1. The highest BCUT2D eigenvalue weighted by molar-refractivity contribution is 6.11. The Hall–Kier alpha value is -6.84. The van der Waals surface area contributed by atoms with Crippen LogP contribution < -0.4 is 0 Å². The number of aromatic nitrogens is 3. The Balaban J connectivity index is 1.03. The van der Waals surface area contributed by atoms with E-state index in [1.807, 2.05) is 0 Å². The average molecular weight is 674 g/mol. The van der Waals surface area contributed by atoms with E-state index in [4.69, 9.17) is 0 Å². The maximum Gasteiger partial charge on any atom is 0.0544 e. The lowest BCUT2D eigenvalue weighted by Crippen LogP contribution is -2.00. The van der Waals surface area contributed by atoms with Crippen molar-refractivity contribution < 1.29 is 0 Å². The quantitative estimate of drug-likeness (QED) is 0.173. The molecule has 53 heavy (non-hydrogen) atoms. The van der Waals surface area contributed by atoms with Crippen LogP contribution >= 0.6 is 0 Å². The molecule has 0 saturated heterocycles. The fourth-order valence-electron chi connectivity index (χ4n) is 9.99. The van der Waals surface area contributed by atoms with E-state index in [9.17, 15) is 0 Å². The average Bonchev–Trinajstić information content (AvgIpc) is 3.93. The van der Waals surface area contributed by atoms with E-state index < -0.39 is 0 Å². The van der Waals surface area contributed by atoms with Crippen LogP contribution in [0.5, 0.6) is 0 Å². The Bertz CT molecular complexity index is 3330. The molecule has 11 aromatic rings. The van der Waals surface area contributed by atoms with Gasteiger partial charge >= 0.3 is 0 Å². The van der Waals surface area contributed by atoms with Crippen LogP contribution in [0.25, 0.3) is 99.2 Å². The number of hydrogen-bond donors (Lipinski definition) is 0. The fraction of sp³-hybridized carbons (Fsp3) is 0.0400. The molecule has 13 rings (SSSR count). The normalized spacial score (nSPS) is 14.8. The van der Waals surface area contributed by atoms with E-state index in [1.165, 1.54) is 110 Å². The molecule has 3 heteroatoms. The van der Waals surface area contributed by atoms with Gasteiger partial charge in [-0.05, 0) is 106 Å². The van der Waals surface area contributed by atoms with Crippen LogP contribution in [0.2, 0.25) is 0 Å². The molecule has 1 aliphatic carbocycles. The first kappa shape index (κ1) is 27.8. The topological polar surface area (TPSA) is 14.8 Å². The summed E-state index contributed by atoms with van der Waals surface area (Å²) in [6, 6.07) is 58.9. The Morgan fingerprint density at radius 1 is 0.396 bits per heavy atom. The van der Waals surface area contributed by atoms with Crippen LogP contribution in [0, 0.1) is 0 Å². The molecule has 1 unspecified atom stereocenters. The fourth-order valence-corrected chi connectivity index (χ4v) is 9.99. The van der Waals surface area contributed by atoms with Gasteiger partial charge in [0, 0.05) is 55.5 Å². The van der Waals surface area contributed by atoms with Crippen LogP contribution in [0.1, 0.15) is 29.2 Å². The van der Waals surface area contributed by atoms with E-state index >= 15 is 0 Å². The van der Waals surface area contributed by atoms with E-state index in [0.29, 0.717) is 5.92 Å². The zero-order valence-corrected chi connectivity index (χ0v) is 28.8. The lowest BCUT2D eigenvalue weighted by Gasteiger charge is -2.16. The lowest BCUT2D eigenvalue weighted by molar-refractivity contribution is 0.820. The van der Waals surface area contributed by atoms with Gasteiger partial charge in [-0.15, -0.1) is 0 Å². The summed E-state index contributed by atoms with van der Waals surface area (Å²) in [5.74, 6) is 0.357. The molecule has 0 amide bonds. The monoisotopic (exact) mass is 673 g/mol. The van der Waals surface area contributed by atoms with Gasteiger partial charge < -0.3 is 13.7 Å². The summed E-state index contributed by atoms with van der Waals surface area (Å²) >= 11 is 0. The van der Waals surface area contributed by atoms with Gasteiger partial charge in [-0.2, -0.15) is 0 Å². The third kappa shape index (κ3) is 3.59. The molecule has 1 atom stereocenters. The van der Waals surface area contributed by atoms with Crippen LogP contribution in [-0.2, 0) is 0 Å². The van der Waals surface area contributed by atoms with Crippen molar-refractivity contribution in [2.24, 2.45) is 0 Å². The van der Waals surface area contributed by atoms with Gasteiger partial charge in [0.25, 0.3) is 0 Å². The second-order valence-electron chi connectivity index (χ2n) is 14.9. The van der Waals surface area contributed by atoms with Crippen LogP contribution in [-0.4, -0.2) is 13.7 Å². The number of fused-ring (bicyclic) bond motifs is 14. The molecule has 0 saturated carbocycles. The highest BCUT2D eigenvalue weighted by Crippen LogP contribution is 2.51. The van der Waals surface area contributed by atoms with Crippen molar-refractivity contribution >= 4 is 82.1 Å². The summed E-state index contributed by atoms with van der Waals surface area (Å²) in [6.07, 6.45) is 5.78. The number of para-hydroxylation sites is 4. The van der Waals surface area contributed by atoms with Crippen LogP contribution in [0.3, 0.4) is 0 Å². The zero-order chi connectivity index (χ0) is 34.4. The highest BCUT2D eigenvalue weighted by Gasteiger charge is 2.35. The van der Waals surface area contributed by atoms with Crippen molar-refractivity contribution in [3.63, 3.8) is 0 Å². The third-order valence-corrected chi connectivity index (χ3v) is 12.2. The lowest BCUT2D eigenvalue weighted by atomic mass is 9.86. The van der Waals surface area contributed by atoms with Gasteiger partial charge in [-0.25, -0.2) is 0 Å². The van der Waals surface area contributed by atoms with Crippen molar-refractivity contribution in [2.45, 2.75) is 12.3 Å². The molecule has 4 heterocycles. The molecule has 0 spiro atoms. The molecular formula is C50H31N3. The number of benzene rings is 8. The summed E-state index contributed by atoms with van der Waals surface area (Å²) in [5, 5.41) is 11.6. The minimum Gasteiger partial charge on any atom is -0.312 e. The van der Waals surface area contributed by atoms with Crippen molar-refractivity contribution in [3.05, 3.63) is 181 Å².